The van der Waals surface area contributed by atoms with E-state index in [9.17, 15) is 14.7 Å². The molecule has 0 spiro atoms. The van der Waals surface area contributed by atoms with Crippen molar-refractivity contribution in [1.29, 1.82) is 0 Å². The van der Waals surface area contributed by atoms with Crippen LogP contribution in [0.5, 0.6) is 0 Å². The van der Waals surface area contributed by atoms with Crippen molar-refractivity contribution in [2.75, 3.05) is 30.9 Å². The molecular weight excluding hydrogens is 550 g/mol. The molecule has 1 unspecified atom stereocenters. The van der Waals surface area contributed by atoms with E-state index in [1.165, 1.54) is 47.9 Å². The van der Waals surface area contributed by atoms with E-state index in [1.807, 2.05) is 44.2 Å². The number of urea groups is 1. The Morgan fingerprint density at radius 3 is 2.19 bits per heavy atom. The first-order chi connectivity index (χ1) is 20.2. The number of amides is 2. The molecule has 0 saturated heterocycles. The number of aliphatic hydroxyl groups excluding tert-OH is 1. The number of carbonyl (C=O) groups excluding carboxylic acids is 1. The van der Waals surface area contributed by atoms with Crippen LogP contribution in [0.15, 0.2) is 44.6 Å². The molecule has 0 fully saturated rings. The number of thioether (sulfide) groups is 1. The Kier molecular flexibility index (Phi) is 20.8. The summed E-state index contributed by atoms with van der Waals surface area (Å²) in [4.78, 5) is 31.9. The Balaban J connectivity index is 0.000000827. The van der Waals surface area contributed by atoms with E-state index >= 15 is 0 Å². The van der Waals surface area contributed by atoms with Crippen LogP contribution < -0.4 is 15.8 Å². The average molecular weight is 606 g/mol. The predicted molar refractivity (Wildman–Crippen MR) is 175 cm³/mol. The van der Waals surface area contributed by atoms with Gasteiger partial charge in [0.1, 0.15) is 5.03 Å². The number of ether oxygens (including phenoxy) is 1. The minimum atomic E-state index is -0.529. The number of methoxy groups -OCH3 is 1. The highest BCUT2D eigenvalue weighted by molar-refractivity contribution is 7.99. The maximum atomic E-state index is 13.0. The highest BCUT2D eigenvalue weighted by atomic mass is 32.2. The number of nitrogens with zero attached hydrogens (tertiary/aromatic N) is 2. The lowest BCUT2D eigenvalue weighted by Crippen LogP contribution is -2.42. The van der Waals surface area contributed by atoms with E-state index in [4.69, 9.17) is 9.15 Å². The summed E-state index contributed by atoms with van der Waals surface area (Å²) in [5.41, 5.74) is 1.25. The second kappa shape index (κ2) is 23.1. The molecule has 1 aromatic carbocycles. The molecule has 0 aliphatic carbocycles. The van der Waals surface area contributed by atoms with Gasteiger partial charge < -0.3 is 19.6 Å². The topological polar surface area (TPSA) is 105 Å². The third-order valence-corrected chi connectivity index (χ3v) is 7.78. The third-order valence-electron chi connectivity index (χ3n) is 6.54. The van der Waals surface area contributed by atoms with Crippen molar-refractivity contribution in [3.8, 4) is 0 Å². The molecule has 2 amide bonds. The summed E-state index contributed by atoms with van der Waals surface area (Å²) in [6, 6.07) is 9.87. The van der Waals surface area contributed by atoms with Crippen LogP contribution in [0.3, 0.4) is 0 Å². The average Bonchev–Trinajstić information content (AvgIpc) is 2.96. The smallest absolute Gasteiger partial charge is 0.344 e. The number of anilines is 1. The molecular formula is C33H55N3O5S. The van der Waals surface area contributed by atoms with Crippen LogP contribution in [0.1, 0.15) is 116 Å². The van der Waals surface area contributed by atoms with Gasteiger partial charge in [0, 0.05) is 26.0 Å². The minimum Gasteiger partial charge on any atom is -0.393 e. The second-order valence-electron chi connectivity index (χ2n) is 10.9. The first-order valence-corrected chi connectivity index (χ1v) is 16.7. The summed E-state index contributed by atoms with van der Waals surface area (Å²) >= 11 is 1.33. The summed E-state index contributed by atoms with van der Waals surface area (Å²) in [6.45, 7) is 11.6. The van der Waals surface area contributed by atoms with Crippen LogP contribution in [-0.4, -0.2) is 48.2 Å². The van der Waals surface area contributed by atoms with Gasteiger partial charge >= 0.3 is 17.7 Å². The molecule has 0 bridgehead atoms. The van der Waals surface area contributed by atoms with Crippen molar-refractivity contribution in [1.82, 2.24) is 10.3 Å². The fourth-order valence-corrected chi connectivity index (χ4v) is 5.24. The van der Waals surface area contributed by atoms with Gasteiger partial charge in [-0.2, -0.15) is 4.98 Å². The summed E-state index contributed by atoms with van der Waals surface area (Å²) in [6.07, 6.45) is 10.3. The highest BCUT2D eigenvalue weighted by Gasteiger charge is 2.24. The number of hydrogen-bond donors (Lipinski definition) is 2. The van der Waals surface area contributed by atoms with Gasteiger partial charge in [-0.3, -0.25) is 0 Å². The Bertz CT molecular complexity index is 1030. The van der Waals surface area contributed by atoms with Crippen LogP contribution in [0.2, 0.25) is 0 Å². The SMILES string of the molecule is CCCCCCCNC(=O)N(CCCCCCC)c1nc(SCC(C)O)c(C(C)C)c(=O)o1.COCc1ccccc1. The molecule has 9 heteroatoms. The normalized spacial score (nSPS) is 11.6. The molecule has 238 valence electrons. The second-order valence-corrected chi connectivity index (χ2v) is 12.0. The maximum absolute atomic E-state index is 13.0. The van der Waals surface area contributed by atoms with Gasteiger partial charge in [-0.15, -0.1) is 11.8 Å². The van der Waals surface area contributed by atoms with Gasteiger partial charge in [-0.05, 0) is 31.2 Å². The standard InChI is InChI=1S/C25H45N3O4S.C8H10O/c1-6-8-10-12-14-16-26-24(31)28(17-15-13-11-9-7-2)25-27-22(33-18-20(5)29)21(19(3)4)23(30)32-25;1-9-7-8-5-3-2-4-6-8/h19-20,29H,6-18H2,1-5H3,(H,26,31);2-6H,7H2,1H3. The van der Waals surface area contributed by atoms with Gasteiger partial charge in [0.25, 0.3) is 0 Å². The van der Waals surface area contributed by atoms with Gasteiger partial charge in [0.05, 0.1) is 18.3 Å². The Labute approximate surface area is 258 Å². The molecule has 2 aromatic rings. The monoisotopic (exact) mass is 605 g/mol. The molecule has 1 heterocycles. The molecule has 1 atom stereocenters. The number of carbonyl (C=O) groups is 1. The first-order valence-electron chi connectivity index (χ1n) is 15.7. The zero-order valence-corrected chi connectivity index (χ0v) is 27.6. The lowest BCUT2D eigenvalue weighted by atomic mass is 10.1. The zero-order chi connectivity index (χ0) is 31.2. The number of rotatable bonds is 19. The molecule has 8 nitrogen and oxygen atoms in total. The number of nitrogens with one attached hydrogen (secondary N) is 1. The molecule has 0 aliphatic rings. The van der Waals surface area contributed by atoms with Gasteiger partial charge in [0.2, 0.25) is 0 Å². The number of benzene rings is 1. The molecule has 0 radical (unpaired) electrons. The van der Waals surface area contributed by atoms with Crippen molar-refractivity contribution in [2.45, 2.75) is 122 Å². The van der Waals surface area contributed by atoms with E-state index < -0.39 is 11.7 Å². The van der Waals surface area contributed by atoms with E-state index in [0.717, 1.165) is 38.5 Å². The summed E-state index contributed by atoms with van der Waals surface area (Å²) in [7, 11) is 1.70. The van der Waals surface area contributed by atoms with Crippen LogP contribution in [0, 0.1) is 0 Å². The lowest BCUT2D eigenvalue weighted by Gasteiger charge is -2.22. The summed E-state index contributed by atoms with van der Waals surface area (Å²) in [5, 5.41) is 13.2. The van der Waals surface area contributed by atoms with Crippen molar-refractivity contribution >= 4 is 23.8 Å². The van der Waals surface area contributed by atoms with Gasteiger partial charge in [-0.1, -0.05) is 109 Å². The fourth-order valence-electron chi connectivity index (χ4n) is 4.22. The number of unbranched alkanes of at least 4 members (excludes halogenated alkanes) is 8. The number of aliphatic hydroxyl groups is 1. The molecule has 2 N–H and O–H groups in total. The van der Waals surface area contributed by atoms with Crippen molar-refractivity contribution in [3.63, 3.8) is 0 Å². The van der Waals surface area contributed by atoms with E-state index in [0.29, 0.717) is 36.0 Å². The van der Waals surface area contributed by atoms with Crippen molar-refractivity contribution in [3.05, 3.63) is 51.9 Å². The van der Waals surface area contributed by atoms with E-state index in [1.54, 1.807) is 14.0 Å². The molecule has 1 aromatic heterocycles. The van der Waals surface area contributed by atoms with E-state index in [2.05, 4.69) is 24.1 Å². The van der Waals surface area contributed by atoms with Gasteiger partial charge in [-0.25, -0.2) is 14.5 Å². The molecule has 2 rings (SSSR count). The summed E-state index contributed by atoms with van der Waals surface area (Å²) in [5.74, 6) is 0.343. The fraction of sp³-hybridized carbons (Fsp3) is 0.667. The van der Waals surface area contributed by atoms with Crippen LogP contribution >= 0.6 is 11.8 Å². The van der Waals surface area contributed by atoms with E-state index in [-0.39, 0.29) is 18.0 Å². The largest absolute Gasteiger partial charge is 0.393 e. The Morgan fingerprint density at radius 2 is 1.62 bits per heavy atom. The molecule has 0 saturated carbocycles. The minimum absolute atomic E-state index is 0.0384. The van der Waals surface area contributed by atoms with Crippen molar-refractivity contribution in [2.24, 2.45) is 0 Å². The summed E-state index contributed by atoms with van der Waals surface area (Å²) < 4.78 is 10.5. The van der Waals surface area contributed by atoms with Crippen LogP contribution in [0.25, 0.3) is 0 Å². The highest BCUT2D eigenvalue weighted by Crippen LogP contribution is 2.27. The van der Waals surface area contributed by atoms with Crippen LogP contribution in [0.4, 0.5) is 10.8 Å². The molecule has 0 aliphatic heterocycles. The Morgan fingerprint density at radius 1 is 1.00 bits per heavy atom. The first kappa shape index (κ1) is 37.7. The third kappa shape index (κ3) is 15.8. The number of hydrogen-bond acceptors (Lipinski definition) is 7. The zero-order valence-electron chi connectivity index (χ0n) is 26.8. The van der Waals surface area contributed by atoms with Gasteiger partial charge in [0.15, 0.2) is 0 Å². The molecule has 42 heavy (non-hydrogen) atoms. The predicted octanol–water partition coefficient (Wildman–Crippen LogP) is 7.92. The quantitative estimate of drug-likeness (QED) is 0.124. The lowest BCUT2D eigenvalue weighted by molar-refractivity contribution is 0.185. The Hall–Kier alpha value is -2.36. The van der Waals surface area contributed by atoms with Crippen molar-refractivity contribution < 1.29 is 19.1 Å². The van der Waals surface area contributed by atoms with Crippen LogP contribution in [-0.2, 0) is 11.3 Å². The maximum Gasteiger partial charge on any atom is 0.344 e. The number of aromatic nitrogens is 1.